The zero-order valence-electron chi connectivity index (χ0n) is 10.4. The molecular weight excluding hydrogens is 186 g/mol. The predicted octanol–water partition coefficient (Wildman–Crippen LogP) is 2.41. The second kappa shape index (κ2) is 4.06. The molecule has 0 bridgehead atoms. The van der Waals surface area contributed by atoms with Gasteiger partial charge in [-0.15, -0.1) is 0 Å². The van der Waals surface area contributed by atoms with E-state index in [1.807, 2.05) is 0 Å². The van der Waals surface area contributed by atoms with E-state index in [2.05, 4.69) is 25.7 Å². The Morgan fingerprint density at radius 2 is 2.00 bits per heavy atom. The highest BCUT2D eigenvalue weighted by Crippen LogP contribution is 2.36. The molecule has 2 rings (SSSR count). The van der Waals surface area contributed by atoms with Crippen molar-refractivity contribution >= 4 is 0 Å². The Kier molecular flexibility index (Phi) is 3.09. The number of rotatable bonds is 1. The number of aliphatic hydroxyl groups excluding tert-OH is 1. The molecule has 2 nitrogen and oxygen atoms in total. The summed E-state index contributed by atoms with van der Waals surface area (Å²) < 4.78 is 0. The van der Waals surface area contributed by atoms with E-state index in [0.29, 0.717) is 11.6 Å². The molecule has 88 valence electrons. The maximum atomic E-state index is 10.1. The maximum absolute atomic E-state index is 10.1. The van der Waals surface area contributed by atoms with Crippen LogP contribution in [0.3, 0.4) is 0 Å². The molecule has 1 aliphatic carbocycles. The molecule has 1 saturated carbocycles. The van der Waals surface area contributed by atoms with E-state index in [-0.39, 0.29) is 6.10 Å². The van der Waals surface area contributed by atoms with Crippen molar-refractivity contribution in [1.29, 1.82) is 0 Å². The number of hydrogen-bond acceptors (Lipinski definition) is 2. The van der Waals surface area contributed by atoms with Crippen LogP contribution in [0.1, 0.15) is 52.9 Å². The van der Waals surface area contributed by atoms with Crippen LogP contribution in [0.5, 0.6) is 0 Å². The number of aliphatic hydroxyl groups is 1. The van der Waals surface area contributed by atoms with Gasteiger partial charge in [0, 0.05) is 11.6 Å². The molecule has 15 heavy (non-hydrogen) atoms. The minimum absolute atomic E-state index is 0.0847. The highest BCUT2D eigenvalue weighted by Gasteiger charge is 2.41. The molecule has 2 heteroatoms. The van der Waals surface area contributed by atoms with Crippen molar-refractivity contribution in [1.82, 2.24) is 4.90 Å². The zero-order valence-corrected chi connectivity index (χ0v) is 10.4. The van der Waals surface area contributed by atoms with Crippen LogP contribution in [0.4, 0.5) is 0 Å². The van der Waals surface area contributed by atoms with Crippen LogP contribution in [-0.2, 0) is 0 Å². The molecule has 1 N–H and O–H groups in total. The molecule has 2 aliphatic rings. The summed E-state index contributed by atoms with van der Waals surface area (Å²) in [5, 5.41) is 10.1. The van der Waals surface area contributed by atoms with Gasteiger partial charge in [0.1, 0.15) is 0 Å². The molecule has 3 atom stereocenters. The summed E-state index contributed by atoms with van der Waals surface area (Å²) >= 11 is 0. The summed E-state index contributed by atoms with van der Waals surface area (Å²) in [6.45, 7) is 8.15. The zero-order chi connectivity index (χ0) is 11.1. The van der Waals surface area contributed by atoms with Gasteiger partial charge < -0.3 is 5.11 Å². The molecule has 0 amide bonds. The smallest absolute Gasteiger partial charge is 0.0695 e. The third-order valence-electron chi connectivity index (χ3n) is 4.41. The molecule has 0 radical (unpaired) electrons. The molecule has 2 fully saturated rings. The van der Waals surface area contributed by atoms with E-state index in [0.717, 1.165) is 12.3 Å². The van der Waals surface area contributed by atoms with Gasteiger partial charge in [0.25, 0.3) is 0 Å². The predicted molar refractivity (Wildman–Crippen MR) is 62.8 cm³/mol. The molecule has 0 aromatic heterocycles. The summed E-state index contributed by atoms with van der Waals surface area (Å²) in [6, 6.07) is 0.422. The molecule has 0 aromatic rings. The average molecular weight is 211 g/mol. The van der Waals surface area contributed by atoms with Gasteiger partial charge in [-0.3, -0.25) is 4.90 Å². The Balaban J connectivity index is 2.07. The lowest BCUT2D eigenvalue weighted by Gasteiger charge is -2.44. The van der Waals surface area contributed by atoms with Crippen LogP contribution >= 0.6 is 0 Å². The van der Waals surface area contributed by atoms with E-state index in [1.54, 1.807) is 0 Å². The lowest BCUT2D eigenvalue weighted by Crippen LogP contribution is -2.52. The maximum Gasteiger partial charge on any atom is 0.0695 e. The van der Waals surface area contributed by atoms with Crippen LogP contribution in [0.25, 0.3) is 0 Å². The Morgan fingerprint density at radius 3 is 2.60 bits per heavy atom. The van der Waals surface area contributed by atoms with Crippen molar-refractivity contribution in [2.24, 2.45) is 5.92 Å². The van der Waals surface area contributed by atoms with Gasteiger partial charge in [0.15, 0.2) is 0 Å². The van der Waals surface area contributed by atoms with E-state index in [9.17, 15) is 5.11 Å². The average Bonchev–Trinajstić information content (AvgIpc) is 2.50. The summed E-state index contributed by atoms with van der Waals surface area (Å²) in [5.74, 6) is 0.787. The lowest BCUT2D eigenvalue weighted by atomic mass is 9.83. The van der Waals surface area contributed by atoms with Crippen LogP contribution < -0.4 is 0 Å². The van der Waals surface area contributed by atoms with Crippen molar-refractivity contribution in [2.45, 2.75) is 70.6 Å². The van der Waals surface area contributed by atoms with Crippen LogP contribution in [-0.4, -0.2) is 34.2 Å². The Hall–Kier alpha value is -0.0800. The van der Waals surface area contributed by atoms with Crippen molar-refractivity contribution < 1.29 is 5.11 Å². The van der Waals surface area contributed by atoms with Gasteiger partial charge >= 0.3 is 0 Å². The Morgan fingerprint density at radius 1 is 1.27 bits per heavy atom. The van der Waals surface area contributed by atoms with Crippen molar-refractivity contribution in [3.8, 4) is 0 Å². The largest absolute Gasteiger partial charge is 0.391 e. The second-order valence-corrected chi connectivity index (χ2v) is 6.16. The van der Waals surface area contributed by atoms with Gasteiger partial charge in [-0.2, -0.15) is 0 Å². The molecule has 1 aliphatic heterocycles. The topological polar surface area (TPSA) is 23.5 Å². The summed E-state index contributed by atoms with van der Waals surface area (Å²) in [4.78, 5) is 2.56. The first-order valence-corrected chi connectivity index (χ1v) is 6.45. The highest BCUT2D eigenvalue weighted by atomic mass is 16.3. The van der Waals surface area contributed by atoms with Gasteiger partial charge in [0.05, 0.1) is 6.10 Å². The molecule has 0 aromatic carbocycles. The number of hydrogen-bond donors (Lipinski definition) is 1. The molecule has 0 spiro atoms. The monoisotopic (exact) mass is 211 g/mol. The lowest BCUT2D eigenvalue weighted by molar-refractivity contribution is -0.0203. The summed E-state index contributed by atoms with van der Waals surface area (Å²) in [5.41, 5.74) is 0.308. The van der Waals surface area contributed by atoms with Crippen LogP contribution in [0.2, 0.25) is 0 Å². The minimum Gasteiger partial charge on any atom is -0.391 e. The fraction of sp³-hybridized carbons (Fsp3) is 1.00. The van der Waals surface area contributed by atoms with Gasteiger partial charge in [-0.25, -0.2) is 0 Å². The molecular formula is C13H25NO. The van der Waals surface area contributed by atoms with Gasteiger partial charge in [-0.1, -0.05) is 6.92 Å². The summed E-state index contributed by atoms with van der Waals surface area (Å²) in [7, 11) is 0. The van der Waals surface area contributed by atoms with E-state index >= 15 is 0 Å². The molecule has 3 unspecified atom stereocenters. The minimum atomic E-state index is -0.0847. The normalized spacial score (nSPS) is 42.0. The first-order chi connectivity index (χ1) is 7.00. The van der Waals surface area contributed by atoms with Crippen molar-refractivity contribution in [2.75, 3.05) is 6.54 Å². The standard InChI is InChI=1S/C13H25NO/c1-10-5-6-12(15)11(9-10)14-8-4-7-13(14,2)3/h10-12,15H,4-9H2,1-3H3. The second-order valence-electron chi connectivity index (χ2n) is 6.16. The molecule has 1 saturated heterocycles. The SMILES string of the molecule is CC1CCC(O)C(N2CCCC2(C)C)C1. The third kappa shape index (κ3) is 2.21. The Labute approximate surface area is 93.7 Å². The Bertz CT molecular complexity index is 227. The van der Waals surface area contributed by atoms with Gasteiger partial charge in [-0.05, 0) is 58.4 Å². The van der Waals surface area contributed by atoms with Crippen molar-refractivity contribution in [3.05, 3.63) is 0 Å². The van der Waals surface area contributed by atoms with E-state index < -0.39 is 0 Å². The van der Waals surface area contributed by atoms with E-state index in [1.165, 1.54) is 32.2 Å². The fourth-order valence-electron chi connectivity index (χ4n) is 3.41. The van der Waals surface area contributed by atoms with Crippen LogP contribution in [0, 0.1) is 5.92 Å². The van der Waals surface area contributed by atoms with Gasteiger partial charge in [0.2, 0.25) is 0 Å². The molecule has 1 heterocycles. The highest BCUT2D eigenvalue weighted by molar-refractivity contribution is 4.96. The first-order valence-electron chi connectivity index (χ1n) is 6.45. The quantitative estimate of drug-likeness (QED) is 0.720. The van der Waals surface area contributed by atoms with Crippen LogP contribution in [0.15, 0.2) is 0 Å². The number of likely N-dealkylation sites (tertiary alicyclic amines) is 1. The fourth-order valence-corrected chi connectivity index (χ4v) is 3.41. The van der Waals surface area contributed by atoms with Crippen molar-refractivity contribution in [3.63, 3.8) is 0 Å². The van der Waals surface area contributed by atoms with E-state index in [4.69, 9.17) is 0 Å². The first kappa shape index (κ1) is 11.4. The number of nitrogens with zero attached hydrogens (tertiary/aromatic N) is 1. The third-order valence-corrected chi connectivity index (χ3v) is 4.41. The summed E-state index contributed by atoms with van der Waals surface area (Å²) in [6.07, 6.45) is 5.88.